The molecule has 0 aromatic rings. The molecule has 1 atom stereocenters. The van der Waals surface area contributed by atoms with Gasteiger partial charge in [-0.25, -0.2) is 0 Å². The zero-order valence-corrected chi connectivity index (χ0v) is 10.5. The number of aliphatic carboxylic acids is 1. The molecule has 1 saturated heterocycles. The van der Waals surface area contributed by atoms with Crippen LogP contribution in [0.4, 0.5) is 0 Å². The third kappa shape index (κ3) is 3.17. The molecular formula is C11H20N2O4. The second kappa shape index (κ2) is 5.46. The summed E-state index contributed by atoms with van der Waals surface area (Å²) >= 11 is 0. The number of carboxylic acids is 1. The predicted molar refractivity (Wildman–Crippen MR) is 61.7 cm³/mol. The molecule has 0 radical (unpaired) electrons. The molecule has 1 fully saturated rings. The van der Waals surface area contributed by atoms with Crippen LogP contribution in [0.2, 0.25) is 0 Å². The Bertz CT molecular complexity index is 298. The maximum absolute atomic E-state index is 11.7. The highest BCUT2D eigenvalue weighted by Gasteiger charge is 2.42. The Morgan fingerprint density at radius 1 is 1.35 bits per heavy atom. The van der Waals surface area contributed by atoms with Crippen LogP contribution in [0, 0.1) is 0 Å². The van der Waals surface area contributed by atoms with Crippen LogP contribution in [0.1, 0.15) is 19.8 Å². The monoisotopic (exact) mass is 244 g/mol. The van der Waals surface area contributed by atoms with Gasteiger partial charge in [0.2, 0.25) is 5.91 Å². The van der Waals surface area contributed by atoms with Crippen molar-refractivity contribution < 1.29 is 19.4 Å². The quantitative estimate of drug-likeness (QED) is 0.709. The van der Waals surface area contributed by atoms with Crippen LogP contribution in [0.25, 0.3) is 0 Å². The summed E-state index contributed by atoms with van der Waals surface area (Å²) in [4.78, 5) is 24.5. The van der Waals surface area contributed by atoms with Crippen molar-refractivity contribution in [2.75, 3.05) is 27.3 Å². The zero-order chi connectivity index (χ0) is 13.1. The summed E-state index contributed by atoms with van der Waals surface area (Å²) in [6.07, 6.45) is 0.765. The van der Waals surface area contributed by atoms with E-state index in [-0.39, 0.29) is 5.91 Å². The van der Waals surface area contributed by atoms with Gasteiger partial charge < -0.3 is 14.7 Å². The molecular weight excluding hydrogens is 224 g/mol. The van der Waals surface area contributed by atoms with Gasteiger partial charge in [-0.05, 0) is 19.8 Å². The van der Waals surface area contributed by atoms with E-state index in [1.807, 2.05) is 0 Å². The van der Waals surface area contributed by atoms with E-state index < -0.39 is 17.6 Å². The van der Waals surface area contributed by atoms with E-state index in [4.69, 9.17) is 4.74 Å². The molecule has 1 rings (SSSR count). The van der Waals surface area contributed by atoms with Gasteiger partial charge in [-0.3, -0.25) is 14.9 Å². The number of amides is 1. The molecule has 17 heavy (non-hydrogen) atoms. The maximum Gasteiger partial charge on any atom is 0.324 e. The van der Waals surface area contributed by atoms with Crippen molar-refractivity contribution in [1.82, 2.24) is 10.2 Å². The number of hydrogen-bond donors (Lipinski definition) is 2. The van der Waals surface area contributed by atoms with E-state index in [1.54, 1.807) is 21.0 Å². The summed E-state index contributed by atoms with van der Waals surface area (Å²) in [5.41, 5.74) is -1.04. The molecule has 1 aliphatic rings. The molecule has 0 spiro atoms. The first kappa shape index (κ1) is 13.9. The van der Waals surface area contributed by atoms with E-state index >= 15 is 0 Å². The van der Waals surface area contributed by atoms with E-state index in [1.165, 1.54) is 4.90 Å². The minimum atomic E-state index is -1.04. The van der Waals surface area contributed by atoms with Crippen LogP contribution < -0.4 is 5.32 Å². The number of hydrogen-bond acceptors (Lipinski definition) is 4. The lowest BCUT2D eigenvalue weighted by molar-refractivity contribution is -0.150. The molecule has 1 aliphatic heterocycles. The first-order valence-corrected chi connectivity index (χ1v) is 5.69. The van der Waals surface area contributed by atoms with Crippen LogP contribution in [-0.4, -0.2) is 60.8 Å². The Morgan fingerprint density at radius 3 is 2.29 bits per heavy atom. The summed E-state index contributed by atoms with van der Waals surface area (Å²) in [6.45, 7) is 2.49. The van der Waals surface area contributed by atoms with Gasteiger partial charge in [0.1, 0.15) is 5.54 Å². The highest BCUT2D eigenvalue weighted by molar-refractivity contribution is 5.84. The van der Waals surface area contributed by atoms with Gasteiger partial charge in [0.15, 0.2) is 0 Å². The molecule has 0 bridgehead atoms. The molecule has 2 N–H and O–H groups in total. The maximum atomic E-state index is 11.7. The number of rotatable bonds is 4. The number of nitrogens with one attached hydrogen (secondary N) is 1. The molecule has 6 nitrogen and oxygen atoms in total. The Labute approximate surface area is 101 Å². The van der Waals surface area contributed by atoms with Gasteiger partial charge in [0.05, 0.1) is 6.04 Å². The lowest BCUT2D eigenvalue weighted by atomic mass is 9.89. The highest BCUT2D eigenvalue weighted by Crippen LogP contribution is 2.22. The largest absolute Gasteiger partial charge is 0.480 e. The van der Waals surface area contributed by atoms with Gasteiger partial charge in [0, 0.05) is 27.3 Å². The second-order valence-corrected chi connectivity index (χ2v) is 4.60. The fraction of sp³-hybridized carbons (Fsp3) is 0.818. The molecule has 0 aromatic carbocycles. The van der Waals surface area contributed by atoms with Gasteiger partial charge in [-0.1, -0.05) is 0 Å². The lowest BCUT2D eigenvalue weighted by Crippen LogP contribution is -2.60. The summed E-state index contributed by atoms with van der Waals surface area (Å²) in [7, 11) is 3.30. The molecule has 98 valence electrons. The van der Waals surface area contributed by atoms with Crippen molar-refractivity contribution in [3.8, 4) is 0 Å². The third-order valence-corrected chi connectivity index (χ3v) is 3.06. The third-order valence-electron chi connectivity index (χ3n) is 3.06. The Morgan fingerprint density at radius 2 is 1.88 bits per heavy atom. The molecule has 0 aromatic heterocycles. The van der Waals surface area contributed by atoms with Crippen LogP contribution in [0.15, 0.2) is 0 Å². The van der Waals surface area contributed by atoms with Gasteiger partial charge in [-0.15, -0.1) is 0 Å². The van der Waals surface area contributed by atoms with Gasteiger partial charge in [-0.2, -0.15) is 0 Å². The molecule has 6 heteroatoms. The number of ether oxygens (including phenoxy) is 1. The predicted octanol–water partition coefficient (Wildman–Crippen LogP) is -0.313. The standard InChI is InChI=1S/C11H20N2O4/c1-8(9(14)13(2)3)12-11(10(15)16)4-6-17-7-5-11/h8,12H,4-7H2,1-3H3,(H,15,16). The van der Waals surface area contributed by atoms with Gasteiger partial charge in [0.25, 0.3) is 0 Å². The van der Waals surface area contributed by atoms with Crippen LogP contribution in [-0.2, 0) is 14.3 Å². The van der Waals surface area contributed by atoms with Crippen LogP contribution in [0.5, 0.6) is 0 Å². The number of likely N-dealkylation sites (N-methyl/N-ethyl adjacent to an activating group) is 1. The Kier molecular flexibility index (Phi) is 4.47. The normalized spacial score (nSPS) is 20.6. The Hall–Kier alpha value is -1.14. The van der Waals surface area contributed by atoms with Crippen molar-refractivity contribution >= 4 is 11.9 Å². The number of carboxylic acid groups (broad SMARTS) is 1. The van der Waals surface area contributed by atoms with Crippen LogP contribution >= 0.6 is 0 Å². The van der Waals surface area contributed by atoms with Crippen molar-refractivity contribution in [2.24, 2.45) is 0 Å². The van der Waals surface area contributed by atoms with E-state index in [2.05, 4.69) is 5.32 Å². The zero-order valence-electron chi connectivity index (χ0n) is 10.5. The SMILES string of the molecule is CC(NC1(C(=O)O)CCOCC1)C(=O)N(C)C. The van der Waals surface area contributed by atoms with Crippen molar-refractivity contribution in [3.05, 3.63) is 0 Å². The number of carbonyl (C=O) groups excluding carboxylic acids is 1. The number of nitrogens with zero attached hydrogens (tertiary/aromatic N) is 1. The average molecular weight is 244 g/mol. The fourth-order valence-electron chi connectivity index (χ4n) is 2.00. The summed E-state index contributed by atoms with van der Waals surface area (Å²) in [5, 5.41) is 12.3. The first-order chi connectivity index (χ1) is 7.89. The topological polar surface area (TPSA) is 78.9 Å². The molecule has 0 saturated carbocycles. The lowest BCUT2D eigenvalue weighted by Gasteiger charge is -2.36. The van der Waals surface area contributed by atoms with Crippen LogP contribution in [0.3, 0.4) is 0 Å². The van der Waals surface area contributed by atoms with Crippen molar-refractivity contribution in [2.45, 2.75) is 31.3 Å². The van der Waals surface area contributed by atoms with E-state index in [0.717, 1.165) is 0 Å². The van der Waals surface area contributed by atoms with Crippen molar-refractivity contribution in [1.29, 1.82) is 0 Å². The minimum Gasteiger partial charge on any atom is -0.480 e. The molecule has 1 amide bonds. The average Bonchev–Trinajstić information content (AvgIpc) is 2.28. The number of carbonyl (C=O) groups is 2. The summed E-state index contributed by atoms with van der Waals surface area (Å²) < 4.78 is 5.17. The highest BCUT2D eigenvalue weighted by atomic mass is 16.5. The first-order valence-electron chi connectivity index (χ1n) is 5.69. The molecule has 1 unspecified atom stereocenters. The minimum absolute atomic E-state index is 0.128. The second-order valence-electron chi connectivity index (χ2n) is 4.60. The van der Waals surface area contributed by atoms with E-state index in [0.29, 0.717) is 26.1 Å². The Balaban J connectivity index is 2.73. The van der Waals surface area contributed by atoms with E-state index in [9.17, 15) is 14.7 Å². The van der Waals surface area contributed by atoms with Gasteiger partial charge >= 0.3 is 5.97 Å². The van der Waals surface area contributed by atoms with Crippen molar-refractivity contribution in [3.63, 3.8) is 0 Å². The summed E-state index contributed by atoms with van der Waals surface area (Å²) in [6, 6.07) is -0.515. The smallest absolute Gasteiger partial charge is 0.324 e. The molecule has 1 heterocycles. The summed E-state index contributed by atoms with van der Waals surface area (Å²) in [5.74, 6) is -1.05. The fourth-order valence-corrected chi connectivity index (χ4v) is 2.00. The molecule has 0 aliphatic carbocycles.